The molecule has 4 saturated carbocycles. The summed E-state index contributed by atoms with van der Waals surface area (Å²) in [5.41, 5.74) is 10.9. The lowest BCUT2D eigenvalue weighted by molar-refractivity contribution is -0.144. The Morgan fingerprint density at radius 2 is 1.55 bits per heavy atom. The van der Waals surface area contributed by atoms with Gasteiger partial charge in [0, 0.05) is 67.9 Å². The van der Waals surface area contributed by atoms with Crippen molar-refractivity contribution in [1.29, 1.82) is 0 Å². The predicted molar refractivity (Wildman–Crippen MR) is 346 cm³/mol. The van der Waals surface area contributed by atoms with Gasteiger partial charge in [0.25, 0.3) is 11.8 Å². The predicted octanol–water partition coefficient (Wildman–Crippen LogP) is 11.8. The van der Waals surface area contributed by atoms with E-state index in [0.717, 1.165) is 110 Å². The third-order valence-corrected chi connectivity index (χ3v) is 21.4. The zero-order chi connectivity index (χ0) is 61.4. The molecule has 2 aliphatic heterocycles. The molecule has 88 heavy (non-hydrogen) atoms. The number of likely N-dealkylation sites (tertiary alicyclic amines) is 1. The van der Waals surface area contributed by atoms with Gasteiger partial charge in [-0.2, -0.15) is 5.10 Å². The van der Waals surface area contributed by atoms with Crippen LogP contribution < -0.4 is 26.2 Å². The Hall–Kier alpha value is -7.35. The molecule has 4 bridgehead atoms. The van der Waals surface area contributed by atoms with Crippen LogP contribution in [0.5, 0.6) is 0 Å². The maximum absolute atomic E-state index is 14.6. The number of anilines is 2. The monoisotopic (exact) mass is 1230 g/mol. The third kappa shape index (κ3) is 13.2. The highest BCUT2D eigenvalue weighted by atomic mass is 32.1. The van der Waals surface area contributed by atoms with Crippen LogP contribution in [0.1, 0.15) is 166 Å². The lowest BCUT2D eigenvalue weighted by Gasteiger charge is -2.56. The number of aromatic nitrogens is 5. The molecule has 0 radical (unpaired) electrons. The molecular formula is C69H83N11O6S2. The molecule has 17 nitrogen and oxygen atoms in total. The Morgan fingerprint density at radius 1 is 0.807 bits per heavy atom. The first-order valence-electron chi connectivity index (χ1n) is 31.8. The summed E-state index contributed by atoms with van der Waals surface area (Å²) in [6.45, 7) is 14.1. The van der Waals surface area contributed by atoms with E-state index in [1.807, 2.05) is 119 Å². The van der Waals surface area contributed by atoms with Crippen molar-refractivity contribution >= 4 is 73.4 Å². The van der Waals surface area contributed by atoms with Crippen molar-refractivity contribution < 1.29 is 29.1 Å². The van der Waals surface area contributed by atoms with Crippen molar-refractivity contribution in [2.45, 2.75) is 169 Å². The number of aliphatic hydroxyl groups is 1. The van der Waals surface area contributed by atoms with E-state index in [-0.39, 0.29) is 54.5 Å². The molecule has 4 aromatic heterocycles. The first kappa shape index (κ1) is 60.9. The normalized spacial score (nSPS) is 21.9. The summed E-state index contributed by atoms with van der Waals surface area (Å²) in [5, 5.41) is 28.7. The highest BCUT2D eigenvalue weighted by Gasteiger charge is 2.51. The zero-order valence-corrected chi connectivity index (χ0v) is 53.2. The molecule has 4 aliphatic carbocycles. The minimum Gasteiger partial charge on any atom is -0.391 e. The molecule has 0 spiro atoms. The molecule has 5 N–H and O–H groups in total. The Labute approximate surface area is 523 Å². The number of aryl methyl sites for hydroxylation is 1. The molecule has 6 heterocycles. The minimum atomic E-state index is -0.911. The number of pyridine rings is 1. The van der Waals surface area contributed by atoms with Crippen molar-refractivity contribution in [2.24, 2.45) is 28.6 Å². The SMILES string of the molecule is Cc1ncsc1-c1ccc(C(C)NC(=O)C2CC(O)CN2C(=O)C(NC(=O)CCCCCCCNC(=O)c2nc(N3CCc4cccc(C(=O)Nc5nc6ccccc6s5)c4C3)ccc2-c2cnn(CC34CC5CC(CC(C5)C3)C4)c2C)C(C)(C)C)cc1. The average molecular weight is 1230 g/mol. The molecule has 462 valence electrons. The van der Waals surface area contributed by atoms with Crippen LogP contribution in [0.4, 0.5) is 10.9 Å². The minimum absolute atomic E-state index is 0.00101. The second-order valence-electron chi connectivity index (χ2n) is 27.0. The number of hydrogen-bond donors (Lipinski definition) is 5. The molecule has 13 rings (SSSR count). The number of benzene rings is 3. The molecule has 3 aromatic carbocycles. The maximum Gasteiger partial charge on any atom is 0.270 e. The van der Waals surface area contributed by atoms with E-state index in [1.165, 1.54) is 54.8 Å². The second kappa shape index (κ2) is 25.6. The number of fused-ring (bicyclic) bond motifs is 2. The van der Waals surface area contributed by atoms with Gasteiger partial charge in [-0.3, -0.25) is 34.0 Å². The Bertz CT molecular complexity index is 3660. The van der Waals surface area contributed by atoms with Crippen LogP contribution in [-0.4, -0.2) is 102 Å². The van der Waals surface area contributed by atoms with E-state index in [4.69, 9.17) is 10.1 Å². The number of amides is 5. The Balaban J connectivity index is 0.658. The van der Waals surface area contributed by atoms with Gasteiger partial charge < -0.3 is 30.9 Å². The van der Waals surface area contributed by atoms with Crippen LogP contribution in [-0.2, 0) is 33.9 Å². The molecule has 4 atom stereocenters. The number of thiazole rings is 2. The number of β-amino-alcohol motifs (C(OH)–C–C–N with tert-alkyl or cyclic N) is 1. The van der Waals surface area contributed by atoms with Crippen LogP contribution in [0.3, 0.4) is 0 Å². The Kier molecular flexibility index (Phi) is 17.7. The quantitative estimate of drug-likeness (QED) is 0.0427. The fourth-order valence-corrected chi connectivity index (χ4v) is 16.9. The van der Waals surface area contributed by atoms with Crippen molar-refractivity contribution in [3.8, 4) is 21.6 Å². The number of para-hydroxylation sites is 1. The van der Waals surface area contributed by atoms with E-state index in [9.17, 15) is 29.1 Å². The van der Waals surface area contributed by atoms with Gasteiger partial charge >= 0.3 is 0 Å². The molecule has 1 saturated heterocycles. The lowest BCUT2D eigenvalue weighted by atomic mass is 9.49. The third-order valence-electron chi connectivity index (χ3n) is 19.4. The van der Waals surface area contributed by atoms with Crippen molar-refractivity contribution in [3.63, 3.8) is 0 Å². The molecule has 5 amide bonds. The van der Waals surface area contributed by atoms with E-state index < -0.39 is 29.5 Å². The molecule has 19 heteroatoms. The lowest BCUT2D eigenvalue weighted by Crippen LogP contribution is -2.57. The summed E-state index contributed by atoms with van der Waals surface area (Å²) < 4.78 is 3.20. The molecule has 5 fully saturated rings. The Morgan fingerprint density at radius 3 is 2.27 bits per heavy atom. The fraction of sp³-hybridized carbons (Fsp3) is 0.493. The molecule has 4 unspecified atom stereocenters. The first-order valence-corrected chi connectivity index (χ1v) is 33.5. The summed E-state index contributed by atoms with van der Waals surface area (Å²) in [6, 6.07) is 23.6. The summed E-state index contributed by atoms with van der Waals surface area (Å²) >= 11 is 3.03. The van der Waals surface area contributed by atoms with Gasteiger partial charge in [0.2, 0.25) is 17.7 Å². The number of carbonyl (C=O) groups excluding carboxylic acids is 5. The standard InChI is InChI=1S/C69H83N11O6S2/c1-41(47-20-22-49(23-21-47)61-42(2)71-40-87-61)73-64(84)56-32-50(81)37-79(56)66(86)62(68(4,5)6)76-59(82)19-10-8-7-9-13-27-70-65(85)60-51(53-36-72-80(43(53)3)39-69-33-44-29-45(34-69)31-46(30-44)35-69)24-25-58(75-60)78-28-26-48-15-14-16-52(54(48)38-78)63(83)77-67-74-55-17-11-12-18-57(55)88-67/h11-12,14-18,20-25,36,40-41,44-46,50,56,62,81H,7-10,13,19,26-35,37-39H2,1-6H3,(H,70,85)(H,73,84)(H,76,82)(H,74,77,83). The highest BCUT2D eigenvalue weighted by Crippen LogP contribution is 2.60. The molecule has 6 aliphatic rings. The number of carbonyl (C=O) groups is 5. The summed E-state index contributed by atoms with van der Waals surface area (Å²) in [4.78, 5) is 89.2. The van der Waals surface area contributed by atoms with Gasteiger partial charge in [-0.05, 0) is 160 Å². The number of hydrogen-bond acceptors (Lipinski definition) is 13. The smallest absolute Gasteiger partial charge is 0.270 e. The van der Waals surface area contributed by atoms with Crippen LogP contribution in [0.25, 0.3) is 31.8 Å². The summed E-state index contributed by atoms with van der Waals surface area (Å²) in [6.07, 6.45) is 13.9. The average Bonchev–Trinajstić information content (AvgIpc) is 1.02. The maximum atomic E-state index is 14.6. The number of unbranched alkanes of at least 4 members (excludes halogenated alkanes) is 4. The van der Waals surface area contributed by atoms with E-state index in [0.29, 0.717) is 54.7 Å². The fourth-order valence-electron chi connectivity index (χ4n) is 15.2. The van der Waals surface area contributed by atoms with Crippen molar-refractivity contribution in [1.82, 2.24) is 45.6 Å². The van der Waals surface area contributed by atoms with Crippen LogP contribution in [0.2, 0.25) is 0 Å². The van der Waals surface area contributed by atoms with Crippen molar-refractivity contribution in [3.05, 3.63) is 130 Å². The first-order chi connectivity index (χ1) is 42.3. The van der Waals surface area contributed by atoms with Gasteiger partial charge in [0.05, 0.1) is 44.6 Å². The number of aliphatic hydroxyl groups excluding tert-OH is 1. The molecular weight excluding hydrogens is 1140 g/mol. The van der Waals surface area contributed by atoms with Gasteiger partial charge in [-0.1, -0.05) is 99.9 Å². The van der Waals surface area contributed by atoms with Gasteiger partial charge in [-0.25, -0.2) is 15.0 Å². The van der Waals surface area contributed by atoms with Gasteiger partial charge in [-0.15, -0.1) is 11.3 Å². The highest BCUT2D eigenvalue weighted by molar-refractivity contribution is 7.22. The van der Waals surface area contributed by atoms with Crippen LogP contribution >= 0.6 is 22.7 Å². The van der Waals surface area contributed by atoms with Gasteiger partial charge in [0.15, 0.2) is 5.13 Å². The second-order valence-corrected chi connectivity index (χ2v) is 28.9. The number of nitrogens with one attached hydrogen (secondary N) is 4. The van der Waals surface area contributed by atoms with E-state index in [2.05, 4.69) is 53.8 Å². The van der Waals surface area contributed by atoms with E-state index in [1.54, 1.807) is 11.3 Å². The molecule has 7 aromatic rings. The summed E-state index contributed by atoms with van der Waals surface area (Å²) in [5.74, 6) is 1.70. The van der Waals surface area contributed by atoms with Gasteiger partial charge in [0.1, 0.15) is 23.6 Å². The number of nitrogens with zero attached hydrogens (tertiary/aromatic N) is 7. The van der Waals surface area contributed by atoms with E-state index >= 15 is 0 Å². The summed E-state index contributed by atoms with van der Waals surface area (Å²) in [7, 11) is 0. The van der Waals surface area contributed by atoms with Crippen LogP contribution in [0.15, 0.2) is 90.6 Å². The van der Waals surface area contributed by atoms with Crippen LogP contribution in [0, 0.1) is 42.4 Å². The topological polar surface area (TPSA) is 217 Å². The number of rotatable bonds is 21. The largest absolute Gasteiger partial charge is 0.391 e. The zero-order valence-electron chi connectivity index (χ0n) is 51.6. The van der Waals surface area contributed by atoms with Crippen molar-refractivity contribution in [2.75, 3.05) is 29.9 Å².